The van der Waals surface area contributed by atoms with E-state index in [1.165, 1.54) is 25.7 Å². The van der Waals surface area contributed by atoms with E-state index in [-0.39, 0.29) is 0 Å². The van der Waals surface area contributed by atoms with E-state index in [1.807, 2.05) is 19.1 Å². The Morgan fingerprint density at radius 3 is 2.93 bits per heavy atom. The summed E-state index contributed by atoms with van der Waals surface area (Å²) in [7, 11) is 0. The Bertz CT molecular complexity index is 320. The maximum atomic E-state index is 5.84. The van der Waals surface area contributed by atoms with Crippen molar-refractivity contribution in [2.24, 2.45) is 5.92 Å². The zero-order valence-electron chi connectivity index (χ0n) is 9.57. The van der Waals surface area contributed by atoms with Crippen molar-refractivity contribution in [3.63, 3.8) is 0 Å². The van der Waals surface area contributed by atoms with E-state index in [9.17, 15) is 0 Å². The van der Waals surface area contributed by atoms with Crippen LogP contribution in [0, 0.1) is 12.8 Å². The molecule has 0 unspecified atom stereocenters. The van der Waals surface area contributed by atoms with E-state index in [0.717, 1.165) is 17.4 Å². The van der Waals surface area contributed by atoms with Crippen molar-refractivity contribution in [2.45, 2.75) is 45.6 Å². The molecule has 1 saturated carbocycles. The minimum absolute atomic E-state index is 0.295. The van der Waals surface area contributed by atoms with Gasteiger partial charge in [-0.1, -0.05) is 25.3 Å². The van der Waals surface area contributed by atoms with Crippen molar-refractivity contribution in [3.8, 4) is 5.88 Å². The lowest BCUT2D eigenvalue weighted by molar-refractivity contribution is 0.147. The van der Waals surface area contributed by atoms with Crippen LogP contribution in [0.25, 0.3) is 0 Å². The lowest BCUT2D eigenvalue weighted by Gasteiger charge is -2.28. The van der Waals surface area contributed by atoms with Crippen molar-refractivity contribution in [1.29, 1.82) is 0 Å². The van der Waals surface area contributed by atoms with E-state index in [2.05, 4.69) is 11.9 Å². The molecule has 1 aromatic rings. The van der Waals surface area contributed by atoms with Crippen LogP contribution in [-0.4, -0.2) is 11.1 Å². The molecule has 1 atom stereocenters. The molecule has 82 valence electrons. The molecule has 1 aromatic heterocycles. The first kappa shape index (κ1) is 10.5. The fourth-order valence-electron chi connectivity index (χ4n) is 2.03. The van der Waals surface area contributed by atoms with Gasteiger partial charge >= 0.3 is 0 Å². The number of aryl methyl sites for hydroxylation is 1. The van der Waals surface area contributed by atoms with Crippen LogP contribution >= 0.6 is 0 Å². The summed E-state index contributed by atoms with van der Waals surface area (Å²) in [4.78, 5) is 4.25. The average Bonchev–Trinajstić information content (AvgIpc) is 2.16. The zero-order valence-corrected chi connectivity index (χ0v) is 9.57. The molecule has 0 N–H and O–H groups in total. The summed E-state index contributed by atoms with van der Waals surface area (Å²) in [6, 6.07) is 3.98. The first-order valence-corrected chi connectivity index (χ1v) is 5.84. The number of hydrogen-bond acceptors (Lipinski definition) is 2. The van der Waals surface area contributed by atoms with Crippen LogP contribution in [0.2, 0.25) is 0 Å². The Balaban J connectivity index is 1.87. The second-order valence-corrected chi connectivity index (χ2v) is 4.59. The molecular formula is C13H19NO. The van der Waals surface area contributed by atoms with Crippen molar-refractivity contribution >= 4 is 0 Å². The molecule has 0 aliphatic heterocycles. The Labute approximate surface area is 91.7 Å². The average molecular weight is 205 g/mol. The van der Waals surface area contributed by atoms with Gasteiger partial charge in [0, 0.05) is 11.8 Å². The van der Waals surface area contributed by atoms with Gasteiger partial charge in [-0.3, -0.25) is 0 Å². The monoisotopic (exact) mass is 205 g/mol. The highest BCUT2D eigenvalue weighted by Gasteiger charge is 2.21. The lowest BCUT2D eigenvalue weighted by Crippen LogP contribution is -2.22. The van der Waals surface area contributed by atoms with Crippen LogP contribution in [0.3, 0.4) is 0 Å². The van der Waals surface area contributed by atoms with Crippen molar-refractivity contribution in [1.82, 2.24) is 4.98 Å². The quantitative estimate of drug-likeness (QED) is 0.752. The molecule has 0 amide bonds. The Morgan fingerprint density at radius 2 is 2.33 bits per heavy atom. The summed E-state index contributed by atoms with van der Waals surface area (Å²) in [5.41, 5.74) is 1.12. The number of nitrogens with zero attached hydrogens (tertiary/aromatic N) is 1. The molecule has 15 heavy (non-hydrogen) atoms. The summed E-state index contributed by atoms with van der Waals surface area (Å²) in [6.07, 6.45) is 7.43. The summed E-state index contributed by atoms with van der Waals surface area (Å²) >= 11 is 0. The van der Waals surface area contributed by atoms with Gasteiger partial charge in [-0.05, 0) is 32.3 Å². The molecule has 2 heteroatoms. The maximum Gasteiger partial charge on any atom is 0.216 e. The third kappa shape index (κ3) is 2.71. The fraction of sp³-hybridized carbons (Fsp3) is 0.615. The lowest BCUT2D eigenvalue weighted by atomic mass is 9.82. The molecule has 2 rings (SSSR count). The zero-order chi connectivity index (χ0) is 10.7. The smallest absolute Gasteiger partial charge is 0.216 e. The summed E-state index contributed by atoms with van der Waals surface area (Å²) in [5.74, 6) is 1.69. The SMILES string of the molecule is Cc1cccnc1O[C@@H](C)CC1CCC1. The van der Waals surface area contributed by atoms with Crippen LogP contribution in [0.15, 0.2) is 18.3 Å². The molecule has 1 heterocycles. The van der Waals surface area contributed by atoms with Crippen LogP contribution in [0.4, 0.5) is 0 Å². The van der Waals surface area contributed by atoms with Crippen molar-refractivity contribution < 1.29 is 4.74 Å². The van der Waals surface area contributed by atoms with Crippen molar-refractivity contribution in [2.75, 3.05) is 0 Å². The highest BCUT2D eigenvalue weighted by molar-refractivity contribution is 5.23. The standard InChI is InChI=1S/C13H19NO/c1-10-5-4-8-14-13(10)15-11(2)9-12-6-3-7-12/h4-5,8,11-12H,3,6-7,9H2,1-2H3/t11-/m0/s1. The molecule has 1 aliphatic carbocycles. The topological polar surface area (TPSA) is 22.1 Å². The molecule has 0 radical (unpaired) electrons. The molecule has 0 saturated heterocycles. The molecule has 0 bridgehead atoms. The molecule has 1 fully saturated rings. The van der Waals surface area contributed by atoms with E-state index in [4.69, 9.17) is 4.74 Å². The van der Waals surface area contributed by atoms with Gasteiger partial charge in [-0.15, -0.1) is 0 Å². The Kier molecular flexibility index (Phi) is 3.24. The second-order valence-electron chi connectivity index (χ2n) is 4.59. The van der Waals surface area contributed by atoms with Gasteiger partial charge in [0.05, 0.1) is 6.10 Å². The van der Waals surface area contributed by atoms with E-state index < -0.39 is 0 Å². The molecule has 0 aromatic carbocycles. The number of pyridine rings is 1. The van der Waals surface area contributed by atoms with Gasteiger partial charge in [0.25, 0.3) is 0 Å². The fourth-order valence-corrected chi connectivity index (χ4v) is 2.03. The second kappa shape index (κ2) is 4.65. The van der Waals surface area contributed by atoms with Gasteiger partial charge in [-0.25, -0.2) is 4.98 Å². The predicted molar refractivity (Wildman–Crippen MR) is 61.0 cm³/mol. The van der Waals surface area contributed by atoms with Crippen LogP contribution < -0.4 is 4.74 Å². The minimum atomic E-state index is 0.295. The highest BCUT2D eigenvalue weighted by atomic mass is 16.5. The third-order valence-corrected chi connectivity index (χ3v) is 3.16. The van der Waals surface area contributed by atoms with Crippen molar-refractivity contribution in [3.05, 3.63) is 23.9 Å². The summed E-state index contributed by atoms with van der Waals surface area (Å²) in [6.45, 7) is 4.19. The number of aromatic nitrogens is 1. The normalized spacial score (nSPS) is 18.3. The Hall–Kier alpha value is -1.05. The first-order valence-electron chi connectivity index (χ1n) is 5.84. The van der Waals surface area contributed by atoms with Crippen LogP contribution in [0.1, 0.15) is 38.2 Å². The van der Waals surface area contributed by atoms with Gasteiger partial charge < -0.3 is 4.74 Å². The van der Waals surface area contributed by atoms with Gasteiger partial charge in [0.1, 0.15) is 0 Å². The van der Waals surface area contributed by atoms with Crippen LogP contribution in [-0.2, 0) is 0 Å². The largest absolute Gasteiger partial charge is 0.474 e. The molecule has 0 spiro atoms. The number of hydrogen-bond donors (Lipinski definition) is 0. The first-order chi connectivity index (χ1) is 7.25. The predicted octanol–water partition coefficient (Wildman–Crippen LogP) is 3.35. The van der Waals surface area contributed by atoms with Crippen LogP contribution in [0.5, 0.6) is 5.88 Å². The van der Waals surface area contributed by atoms with Gasteiger partial charge in [0.2, 0.25) is 5.88 Å². The molecular weight excluding hydrogens is 186 g/mol. The number of ether oxygens (including phenoxy) is 1. The summed E-state index contributed by atoms with van der Waals surface area (Å²) < 4.78 is 5.84. The number of rotatable bonds is 4. The van der Waals surface area contributed by atoms with E-state index in [1.54, 1.807) is 6.20 Å². The molecule has 1 aliphatic rings. The van der Waals surface area contributed by atoms with E-state index >= 15 is 0 Å². The maximum absolute atomic E-state index is 5.84. The summed E-state index contributed by atoms with van der Waals surface area (Å²) in [5, 5.41) is 0. The molecule has 2 nitrogen and oxygen atoms in total. The third-order valence-electron chi connectivity index (χ3n) is 3.16. The van der Waals surface area contributed by atoms with Gasteiger partial charge in [-0.2, -0.15) is 0 Å². The van der Waals surface area contributed by atoms with E-state index in [0.29, 0.717) is 6.10 Å². The highest BCUT2D eigenvalue weighted by Crippen LogP contribution is 2.31. The minimum Gasteiger partial charge on any atom is -0.474 e. The van der Waals surface area contributed by atoms with Gasteiger partial charge in [0.15, 0.2) is 0 Å². The Morgan fingerprint density at radius 1 is 1.53 bits per heavy atom.